The van der Waals surface area contributed by atoms with Crippen LogP contribution in [0.15, 0.2) is 0 Å². The van der Waals surface area contributed by atoms with Gasteiger partial charge in [0.2, 0.25) is 0 Å². The van der Waals surface area contributed by atoms with E-state index in [9.17, 15) is 10.2 Å². The van der Waals surface area contributed by atoms with E-state index < -0.39 is 18.3 Å². The quantitative estimate of drug-likeness (QED) is 0.485. The number of hydrogen-bond donors (Lipinski definition) is 3. The van der Waals surface area contributed by atoms with Crippen molar-refractivity contribution in [3.63, 3.8) is 0 Å². The van der Waals surface area contributed by atoms with Crippen LogP contribution in [0.25, 0.3) is 0 Å². The van der Waals surface area contributed by atoms with E-state index in [1.165, 1.54) is 0 Å². The third-order valence-electron chi connectivity index (χ3n) is 2.53. The van der Waals surface area contributed by atoms with Crippen molar-refractivity contribution in [2.75, 3.05) is 6.61 Å². The highest BCUT2D eigenvalue weighted by Gasteiger charge is 2.39. The fourth-order valence-electron chi connectivity index (χ4n) is 1.50. The van der Waals surface area contributed by atoms with Crippen LogP contribution in [0.4, 0.5) is 0 Å². The van der Waals surface area contributed by atoms with Gasteiger partial charge in [-0.3, -0.25) is 0 Å². The zero-order valence-electron chi connectivity index (χ0n) is 7.34. The predicted molar refractivity (Wildman–Crippen MR) is 42.6 cm³/mol. The molecular weight excluding hydrogens is 160 g/mol. The van der Waals surface area contributed by atoms with E-state index in [2.05, 4.69) is 0 Å². The van der Waals surface area contributed by atoms with Gasteiger partial charge in [-0.1, -0.05) is 6.92 Å². The molecule has 0 aliphatic carbocycles. The second-order valence-corrected chi connectivity index (χ2v) is 3.40. The minimum atomic E-state index is -0.845. The summed E-state index contributed by atoms with van der Waals surface area (Å²) in [5.74, 6) is -0.221. The highest BCUT2D eigenvalue weighted by Crippen LogP contribution is 2.25. The lowest BCUT2D eigenvalue weighted by atomic mass is 9.89. The lowest BCUT2D eigenvalue weighted by Gasteiger charge is -2.39. The van der Waals surface area contributed by atoms with Gasteiger partial charge in [0.1, 0.15) is 6.10 Å². The molecule has 1 aliphatic heterocycles. The molecule has 0 radical (unpaired) electrons. The number of rotatable bonds is 1. The molecule has 2 unspecified atom stereocenters. The van der Waals surface area contributed by atoms with E-state index in [4.69, 9.17) is 9.84 Å². The first-order chi connectivity index (χ1) is 5.57. The van der Waals surface area contributed by atoms with E-state index >= 15 is 0 Å². The molecule has 0 bridgehead atoms. The van der Waals surface area contributed by atoms with Crippen LogP contribution in [0.2, 0.25) is 0 Å². The van der Waals surface area contributed by atoms with Gasteiger partial charge in [-0.15, -0.1) is 0 Å². The molecule has 0 amide bonds. The summed E-state index contributed by atoms with van der Waals surface area (Å²) in [6, 6.07) is 0. The van der Waals surface area contributed by atoms with Crippen molar-refractivity contribution in [1.82, 2.24) is 0 Å². The molecule has 4 heteroatoms. The molecule has 1 heterocycles. The van der Waals surface area contributed by atoms with Gasteiger partial charge in [0.15, 0.2) is 0 Å². The van der Waals surface area contributed by atoms with E-state index in [-0.39, 0.29) is 18.6 Å². The van der Waals surface area contributed by atoms with Gasteiger partial charge in [-0.25, -0.2) is 0 Å². The Morgan fingerprint density at radius 3 is 2.25 bits per heavy atom. The van der Waals surface area contributed by atoms with E-state index in [1.807, 2.05) is 0 Å². The maximum absolute atomic E-state index is 9.48. The SMILES string of the molecule is C[C@@H]1C(CO)O[C@H](C)[C@@H](O)C1O. The van der Waals surface area contributed by atoms with Crippen molar-refractivity contribution in [2.24, 2.45) is 5.92 Å². The fourth-order valence-corrected chi connectivity index (χ4v) is 1.50. The third kappa shape index (κ3) is 1.61. The van der Waals surface area contributed by atoms with Crippen LogP contribution in [-0.2, 0) is 4.74 Å². The van der Waals surface area contributed by atoms with Crippen molar-refractivity contribution < 1.29 is 20.1 Å². The number of hydrogen-bond acceptors (Lipinski definition) is 4. The molecule has 0 spiro atoms. The molecule has 0 saturated carbocycles. The molecule has 4 nitrogen and oxygen atoms in total. The predicted octanol–water partition coefficient (Wildman–Crippen LogP) is -0.876. The third-order valence-corrected chi connectivity index (χ3v) is 2.53. The van der Waals surface area contributed by atoms with Gasteiger partial charge in [-0.2, -0.15) is 0 Å². The van der Waals surface area contributed by atoms with Gasteiger partial charge < -0.3 is 20.1 Å². The normalized spacial score (nSPS) is 49.2. The second-order valence-electron chi connectivity index (χ2n) is 3.40. The maximum atomic E-state index is 9.48. The summed E-state index contributed by atoms with van der Waals surface area (Å²) in [6.45, 7) is 3.32. The zero-order valence-corrected chi connectivity index (χ0v) is 7.34. The Bertz CT molecular complexity index is 145. The first-order valence-corrected chi connectivity index (χ1v) is 4.20. The van der Waals surface area contributed by atoms with Gasteiger partial charge in [0.05, 0.1) is 24.9 Å². The molecule has 0 aromatic heterocycles. The summed E-state index contributed by atoms with van der Waals surface area (Å²) in [6.07, 6.45) is -2.42. The number of aliphatic hydroxyl groups is 3. The fraction of sp³-hybridized carbons (Fsp3) is 1.00. The van der Waals surface area contributed by atoms with E-state index in [0.717, 1.165) is 0 Å². The van der Waals surface area contributed by atoms with Crippen LogP contribution < -0.4 is 0 Å². The minimum Gasteiger partial charge on any atom is -0.394 e. The van der Waals surface area contributed by atoms with Crippen LogP contribution >= 0.6 is 0 Å². The highest BCUT2D eigenvalue weighted by atomic mass is 16.5. The molecule has 1 aliphatic rings. The summed E-state index contributed by atoms with van der Waals surface area (Å²) in [5.41, 5.74) is 0. The molecule has 5 atom stereocenters. The van der Waals surface area contributed by atoms with Crippen molar-refractivity contribution in [1.29, 1.82) is 0 Å². The second kappa shape index (κ2) is 3.70. The summed E-state index contributed by atoms with van der Waals surface area (Å²) in [5, 5.41) is 27.7. The summed E-state index contributed by atoms with van der Waals surface area (Å²) in [7, 11) is 0. The van der Waals surface area contributed by atoms with Crippen molar-refractivity contribution in [2.45, 2.75) is 38.3 Å². The largest absolute Gasteiger partial charge is 0.394 e. The standard InChI is InChI=1S/C8H16O4/c1-4-6(3-9)12-5(2)8(11)7(4)10/h4-11H,3H2,1-2H3/t4-,5-,6?,7?,8-/m1/s1. The first kappa shape index (κ1) is 9.92. The van der Waals surface area contributed by atoms with Gasteiger partial charge in [0, 0.05) is 5.92 Å². The minimum absolute atomic E-state index is 0.116. The lowest BCUT2D eigenvalue weighted by molar-refractivity contribution is -0.198. The van der Waals surface area contributed by atoms with Gasteiger partial charge in [0.25, 0.3) is 0 Å². The van der Waals surface area contributed by atoms with Crippen LogP contribution in [0.1, 0.15) is 13.8 Å². The first-order valence-electron chi connectivity index (χ1n) is 4.20. The number of aliphatic hydroxyl groups excluding tert-OH is 3. The van der Waals surface area contributed by atoms with Crippen molar-refractivity contribution in [3.8, 4) is 0 Å². The van der Waals surface area contributed by atoms with E-state index in [0.29, 0.717) is 0 Å². The Morgan fingerprint density at radius 2 is 1.75 bits per heavy atom. The molecule has 1 fully saturated rings. The Morgan fingerprint density at radius 1 is 1.17 bits per heavy atom. The van der Waals surface area contributed by atoms with E-state index in [1.54, 1.807) is 13.8 Å². The summed E-state index contributed by atoms with van der Waals surface area (Å²) < 4.78 is 5.27. The van der Waals surface area contributed by atoms with Crippen molar-refractivity contribution in [3.05, 3.63) is 0 Å². The van der Waals surface area contributed by atoms with Crippen LogP contribution in [-0.4, -0.2) is 46.3 Å². The molecule has 3 N–H and O–H groups in total. The molecule has 0 aromatic carbocycles. The topological polar surface area (TPSA) is 69.9 Å². The molecule has 12 heavy (non-hydrogen) atoms. The zero-order chi connectivity index (χ0) is 9.30. The van der Waals surface area contributed by atoms with Crippen LogP contribution in [0.3, 0.4) is 0 Å². The maximum Gasteiger partial charge on any atom is 0.106 e. The number of ether oxygens (including phenoxy) is 1. The molecular formula is C8H16O4. The average molecular weight is 176 g/mol. The van der Waals surface area contributed by atoms with Gasteiger partial charge >= 0.3 is 0 Å². The highest BCUT2D eigenvalue weighted by molar-refractivity contribution is 4.87. The molecule has 0 aromatic rings. The Kier molecular flexibility index (Phi) is 3.06. The molecule has 72 valence electrons. The average Bonchev–Trinajstić information content (AvgIpc) is 2.08. The summed E-state index contributed by atoms with van der Waals surface area (Å²) in [4.78, 5) is 0. The summed E-state index contributed by atoms with van der Waals surface area (Å²) >= 11 is 0. The van der Waals surface area contributed by atoms with Crippen LogP contribution in [0.5, 0.6) is 0 Å². The monoisotopic (exact) mass is 176 g/mol. The Labute approximate surface area is 71.8 Å². The molecule has 1 saturated heterocycles. The van der Waals surface area contributed by atoms with Crippen molar-refractivity contribution >= 4 is 0 Å². The smallest absolute Gasteiger partial charge is 0.106 e. The van der Waals surface area contributed by atoms with Crippen LogP contribution in [0, 0.1) is 5.92 Å². The molecule has 1 rings (SSSR count). The van der Waals surface area contributed by atoms with Gasteiger partial charge in [-0.05, 0) is 6.92 Å². The Balaban J connectivity index is 2.63. The lowest BCUT2D eigenvalue weighted by Crippen LogP contribution is -2.53. The Hall–Kier alpha value is -0.160.